The number of piperidine rings is 2. The van der Waals surface area contributed by atoms with Crippen molar-refractivity contribution in [2.75, 3.05) is 23.3 Å². The molecule has 1 N–H and O–H groups in total. The van der Waals surface area contributed by atoms with Crippen molar-refractivity contribution in [3.8, 4) is 0 Å². The summed E-state index contributed by atoms with van der Waals surface area (Å²) in [4.78, 5) is 31.1. The van der Waals surface area contributed by atoms with E-state index in [4.69, 9.17) is 0 Å². The van der Waals surface area contributed by atoms with Crippen LogP contribution in [0.2, 0.25) is 0 Å². The van der Waals surface area contributed by atoms with Gasteiger partial charge in [0.1, 0.15) is 16.5 Å². The summed E-state index contributed by atoms with van der Waals surface area (Å²) in [6.07, 6.45) is 5.44. The van der Waals surface area contributed by atoms with Crippen LogP contribution >= 0.6 is 0 Å². The standard InChI is InChI=1S/C27H29FN4O4S/c28-18-9-7-17(8-10-18)16-32-22-6-4-5-20(22)25(33)24(27(32)34)26-29-21-12-11-19(31-13-2-1-3-14-31)15-23(21)37(35,36)30-26/h7-12,15,20,22,24H,1-6,13-14,16H2,(H,29,30)/t20-,22+,24?/m1/s1. The van der Waals surface area contributed by atoms with E-state index in [2.05, 4.69) is 14.6 Å². The zero-order chi connectivity index (χ0) is 25.7. The van der Waals surface area contributed by atoms with Crippen molar-refractivity contribution in [1.82, 2.24) is 4.90 Å². The van der Waals surface area contributed by atoms with Gasteiger partial charge in [0.2, 0.25) is 5.91 Å². The molecule has 37 heavy (non-hydrogen) atoms. The van der Waals surface area contributed by atoms with Gasteiger partial charge in [-0.15, -0.1) is 4.40 Å². The first kappa shape index (κ1) is 24.1. The van der Waals surface area contributed by atoms with Gasteiger partial charge in [0.25, 0.3) is 10.0 Å². The minimum atomic E-state index is -4.12. The van der Waals surface area contributed by atoms with Gasteiger partial charge in [0, 0.05) is 37.3 Å². The Bertz CT molecular complexity index is 1390. The summed E-state index contributed by atoms with van der Waals surface area (Å²) >= 11 is 0. The van der Waals surface area contributed by atoms with Crippen molar-refractivity contribution in [1.29, 1.82) is 0 Å². The fourth-order valence-corrected chi connectivity index (χ4v) is 7.36. The van der Waals surface area contributed by atoms with E-state index in [9.17, 15) is 22.4 Å². The SMILES string of the molecule is O=C1C(C2=NS(=O)(=O)c3cc(N4CCCCC4)ccc3N2)C(=O)N(Cc2ccc(F)cc2)[C@H]2CCC[C@@H]12. The molecule has 2 saturated heterocycles. The first-order chi connectivity index (χ1) is 17.8. The molecule has 194 valence electrons. The lowest BCUT2D eigenvalue weighted by atomic mass is 9.81. The third kappa shape index (κ3) is 4.31. The van der Waals surface area contributed by atoms with E-state index in [1.165, 1.54) is 18.6 Å². The number of rotatable bonds is 4. The van der Waals surface area contributed by atoms with E-state index in [0.717, 1.165) is 43.6 Å². The van der Waals surface area contributed by atoms with E-state index >= 15 is 0 Å². The summed E-state index contributed by atoms with van der Waals surface area (Å²) in [5.74, 6) is -2.94. The lowest BCUT2D eigenvalue weighted by molar-refractivity contribution is -0.149. The molecule has 1 saturated carbocycles. The molecule has 0 aromatic heterocycles. The van der Waals surface area contributed by atoms with Gasteiger partial charge in [-0.1, -0.05) is 18.6 Å². The number of benzene rings is 2. The van der Waals surface area contributed by atoms with Crippen LogP contribution in [0.3, 0.4) is 0 Å². The van der Waals surface area contributed by atoms with Gasteiger partial charge >= 0.3 is 0 Å². The number of hydrogen-bond donors (Lipinski definition) is 1. The molecular weight excluding hydrogens is 495 g/mol. The number of ketones is 1. The average molecular weight is 525 g/mol. The highest BCUT2D eigenvalue weighted by atomic mass is 32.2. The molecule has 3 fully saturated rings. The monoisotopic (exact) mass is 524 g/mol. The third-order valence-electron chi connectivity index (χ3n) is 8.05. The van der Waals surface area contributed by atoms with Crippen LogP contribution in [-0.4, -0.2) is 50.0 Å². The molecule has 3 aliphatic heterocycles. The molecule has 3 heterocycles. The Balaban J connectivity index is 1.32. The molecule has 2 aromatic rings. The Hall–Kier alpha value is -3.27. The van der Waals surface area contributed by atoms with Crippen molar-refractivity contribution < 1.29 is 22.4 Å². The molecular formula is C27H29FN4O4S. The second-order valence-electron chi connectivity index (χ2n) is 10.3. The van der Waals surface area contributed by atoms with Crippen LogP contribution < -0.4 is 10.2 Å². The predicted molar refractivity (Wildman–Crippen MR) is 137 cm³/mol. The number of hydrogen-bond acceptors (Lipinski definition) is 6. The minimum Gasteiger partial charge on any atom is -0.371 e. The number of nitrogens with one attached hydrogen (secondary N) is 1. The molecule has 1 unspecified atom stereocenters. The molecule has 2 aromatic carbocycles. The summed E-state index contributed by atoms with van der Waals surface area (Å²) in [6.45, 7) is 1.97. The maximum absolute atomic E-state index is 13.7. The summed E-state index contributed by atoms with van der Waals surface area (Å²) < 4.78 is 44.0. The molecule has 10 heteroatoms. The number of likely N-dealkylation sites (tertiary alicyclic amines) is 1. The van der Waals surface area contributed by atoms with Crippen LogP contribution in [-0.2, 0) is 26.2 Å². The van der Waals surface area contributed by atoms with Gasteiger partial charge < -0.3 is 15.1 Å². The summed E-state index contributed by atoms with van der Waals surface area (Å²) in [5, 5.41) is 3.02. The van der Waals surface area contributed by atoms with E-state index in [0.29, 0.717) is 18.5 Å². The quantitative estimate of drug-likeness (QED) is 0.612. The molecule has 0 radical (unpaired) electrons. The molecule has 4 aliphatic rings. The molecule has 0 bridgehead atoms. The van der Waals surface area contributed by atoms with E-state index in [-0.39, 0.29) is 40.8 Å². The fraction of sp³-hybridized carbons (Fsp3) is 0.444. The van der Waals surface area contributed by atoms with Crippen molar-refractivity contribution in [2.24, 2.45) is 16.2 Å². The Labute approximate surface area is 215 Å². The molecule has 3 atom stereocenters. The summed E-state index contributed by atoms with van der Waals surface area (Å²) in [5.41, 5.74) is 1.90. The molecule has 1 amide bonds. The van der Waals surface area contributed by atoms with Crippen LogP contribution in [0.25, 0.3) is 0 Å². The normalized spacial score (nSPS) is 26.8. The predicted octanol–water partition coefficient (Wildman–Crippen LogP) is 3.73. The summed E-state index contributed by atoms with van der Waals surface area (Å²) in [6, 6.07) is 10.9. The smallest absolute Gasteiger partial charge is 0.286 e. The number of amidine groups is 1. The number of anilines is 2. The molecule has 0 spiro atoms. The molecule has 6 rings (SSSR count). The van der Waals surface area contributed by atoms with Crippen LogP contribution in [0.15, 0.2) is 51.8 Å². The first-order valence-electron chi connectivity index (χ1n) is 12.9. The summed E-state index contributed by atoms with van der Waals surface area (Å²) in [7, 11) is -4.12. The first-order valence-corrected chi connectivity index (χ1v) is 14.4. The Morgan fingerprint density at radius 2 is 1.73 bits per heavy atom. The van der Waals surface area contributed by atoms with Gasteiger partial charge in [-0.25, -0.2) is 4.39 Å². The Morgan fingerprint density at radius 3 is 2.49 bits per heavy atom. The highest BCUT2D eigenvalue weighted by molar-refractivity contribution is 7.90. The fourth-order valence-electron chi connectivity index (χ4n) is 6.18. The average Bonchev–Trinajstić information content (AvgIpc) is 3.38. The van der Waals surface area contributed by atoms with Crippen LogP contribution in [0.5, 0.6) is 0 Å². The van der Waals surface area contributed by atoms with E-state index < -0.39 is 21.8 Å². The van der Waals surface area contributed by atoms with E-state index in [1.54, 1.807) is 29.2 Å². The van der Waals surface area contributed by atoms with Gasteiger partial charge in [0.15, 0.2) is 11.7 Å². The lowest BCUT2D eigenvalue weighted by Crippen LogP contribution is -2.58. The number of halogens is 1. The number of carbonyl (C=O) groups excluding carboxylic acids is 2. The van der Waals surface area contributed by atoms with Gasteiger partial charge in [0.05, 0.1) is 5.69 Å². The highest BCUT2D eigenvalue weighted by Crippen LogP contribution is 2.40. The zero-order valence-electron chi connectivity index (χ0n) is 20.4. The molecule has 8 nitrogen and oxygen atoms in total. The van der Waals surface area contributed by atoms with Crippen LogP contribution in [0, 0.1) is 17.7 Å². The molecule has 1 aliphatic carbocycles. The minimum absolute atomic E-state index is 0.0527. The number of Topliss-reactive ketones (excluding diaryl/α,β-unsaturated/α-hetero) is 1. The second-order valence-corrected chi connectivity index (χ2v) is 11.9. The van der Waals surface area contributed by atoms with Crippen molar-refractivity contribution >= 4 is 38.9 Å². The van der Waals surface area contributed by atoms with Crippen molar-refractivity contribution in [3.05, 3.63) is 53.8 Å². The maximum atomic E-state index is 13.7. The van der Waals surface area contributed by atoms with E-state index in [1.807, 2.05) is 6.07 Å². The Morgan fingerprint density at radius 1 is 0.973 bits per heavy atom. The highest BCUT2D eigenvalue weighted by Gasteiger charge is 2.52. The number of carbonyl (C=O) groups is 2. The zero-order valence-corrected chi connectivity index (χ0v) is 21.2. The van der Waals surface area contributed by atoms with Crippen molar-refractivity contribution in [3.63, 3.8) is 0 Å². The number of amides is 1. The van der Waals surface area contributed by atoms with Gasteiger partial charge in [-0.2, -0.15) is 8.42 Å². The maximum Gasteiger partial charge on any atom is 0.286 e. The second kappa shape index (κ2) is 9.24. The third-order valence-corrected chi connectivity index (χ3v) is 9.38. The van der Waals surface area contributed by atoms with Crippen LogP contribution in [0.1, 0.15) is 44.1 Å². The van der Waals surface area contributed by atoms with Gasteiger partial charge in [-0.3, -0.25) is 9.59 Å². The lowest BCUT2D eigenvalue weighted by Gasteiger charge is -2.41. The van der Waals surface area contributed by atoms with Gasteiger partial charge in [-0.05, 0) is 68.0 Å². The number of fused-ring (bicyclic) bond motifs is 2. The number of sulfonamides is 1. The topological polar surface area (TPSA) is 99.1 Å². The van der Waals surface area contributed by atoms with Crippen molar-refractivity contribution in [2.45, 2.75) is 56.0 Å². The Kier molecular flexibility index (Phi) is 6.01. The largest absolute Gasteiger partial charge is 0.371 e. The van der Waals surface area contributed by atoms with Crippen LogP contribution in [0.4, 0.5) is 15.8 Å². The number of nitrogens with zero attached hydrogens (tertiary/aromatic N) is 3.